The largest absolute Gasteiger partial charge is 0.329 e. The molecular formula is C7H17N7. The molecule has 0 aliphatic rings. The zero-order valence-corrected chi connectivity index (χ0v) is 8.43. The summed E-state index contributed by atoms with van der Waals surface area (Å²) in [7, 11) is 1.74. The maximum Gasteiger partial charge on any atom is 0.188 e. The highest BCUT2D eigenvalue weighted by molar-refractivity contribution is 4.77. The van der Waals surface area contributed by atoms with Gasteiger partial charge >= 0.3 is 0 Å². The van der Waals surface area contributed by atoms with E-state index in [1.807, 2.05) is 0 Å². The van der Waals surface area contributed by atoms with Gasteiger partial charge in [-0.2, -0.15) is 4.80 Å². The Labute approximate surface area is 83.0 Å². The van der Waals surface area contributed by atoms with Crippen molar-refractivity contribution in [3.8, 4) is 0 Å². The second-order valence-corrected chi connectivity index (χ2v) is 3.05. The van der Waals surface area contributed by atoms with Gasteiger partial charge in [0.05, 0.1) is 13.6 Å². The summed E-state index contributed by atoms with van der Waals surface area (Å²) in [6.07, 6.45) is 0. The minimum Gasteiger partial charge on any atom is -0.329 e. The number of aromatic nitrogens is 4. The summed E-state index contributed by atoms with van der Waals surface area (Å²) >= 11 is 0. The molecule has 1 heterocycles. The highest BCUT2D eigenvalue weighted by atomic mass is 15.6. The number of rotatable bonds is 6. The summed E-state index contributed by atoms with van der Waals surface area (Å²) in [6, 6.07) is 0. The van der Waals surface area contributed by atoms with E-state index < -0.39 is 0 Å². The van der Waals surface area contributed by atoms with Gasteiger partial charge in [0.15, 0.2) is 5.82 Å². The van der Waals surface area contributed by atoms with Gasteiger partial charge < -0.3 is 11.5 Å². The summed E-state index contributed by atoms with van der Waals surface area (Å²) in [4.78, 5) is 3.55. The van der Waals surface area contributed by atoms with Gasteiger partial charge in [0.1, 0.15) is 0 Å². The van der Waals surface area contributed by atoms with Crippen molar-refractivity contribution in [3.05, 3.63) is 5.82 Å². The molecule has 4 N–H and O–H groups in total. The minimum absolute atomic E-state index is 0.611. The number of nitrogens with two attached hydrogens (primary N) is 2. The highest BCUT2D eigenvalue weighted by Gasteiger charge is 2.07. The standard InChI is InChI=1S/C7H17N7/c1-13-11-7(10-12-13)6-14(4-2-8)5-3-9/h2-6,8-9H2,1H3. The van der Waals surface area contributed by atoms with E-state index >= 15 is 0 Å². The Morgan fingerprint density at radius 2 is 1.93 bits per heavy atom. The summed E-state index contributed by atoms with van der Waals surface area (Å²) < 4.78 is 0. The molecule has 0 saturated heterocycles. The van der Waals surface area contributed by atoms with Crippen LogP contribution in [0.3, 0.4) is 0 Å². The van der Waals surface area contributed by atoms with Gasteiger partial charge in [0.25, 0.3) is 0 Å². The van der Waals surface area contributed by atoms with Gasteiger partial charge in [-0.05, 0) is 5.21 Å². The molecule has 0 atom stereocenters. The van der Waals surface area contributed by atoms with E-state index in [0.29, 0.717) is 25.5 Å². The van der Waals surface area contributed by atoms with E-state index in [9.17, 15) is 0 Å². The zero-order valence-electron chi connectivity index (χ0n) is 8.43. The maximum atomic E-state index is 5.47. The second-order valence-electron chi connectivity index (χ2n) is 3.05. The predicted molar refractivity (Wildman–Crippen MR) is 52.2 cm³/mol. The lowest BCUT2D eigenvalue weighted by Gasteiger charge is -2.18. The Kier molecular flexibility index (Phi) is 4.44. The molecule has 0 aliphatic heterocycles. The Bertz CT molecular complexity index is 252. The van der Waals surface area contributed by atoms with E-state index in [2.05, 4.69) is 20.3 Å². The molecule has 14 heavy (non-hydrogen) atoms. The fourth-order valence-corrected chi connectivity index (χ4v) is 1.22. The first-order valence-electron chi connectivity index (χ1n) is 4.61. The SMILES string of the molecule is Cn1nnc(CN(CCN)CCN)n1. The van der Waals surface area contributed by atoms with Crippen LogP contribution in [0.5, 0.6) is 0 Å². The van der Waals surface area contributed by atoms with Crippen LogP contribution in [-0.4, -0.2) is 51.3 Å². The molecule has 7 heteroatoms. The summed E-state index contributed by atoms with van der Waals surface area (Å²) in [5.41, 5.74) is 10.9. The average Bonchev–Trinajstić information content (AvgIpc) is 2.52. The first-order chi connectivity index (χ1) is 6.76. The van der Waals surface area contributed by atoms with Crippen LogP contribution in [0.25, 0.3) is 0 Å². The molecule has 0 spiro atoms. The van der Waals surface area contributed by atoms with Gasteiger partial charge in [-0.25, -0.2) is 0 Å². The van der Waals surface area contributed by atoms with Crippen molar-refractivity contribution in [1.82, 2.24) is 25.1 Å². The minimum atomic E-state index is 0.611. The van der Waals surface area contributed by atoms with Crippen LogP contribution in [0.4, 0.5) is 0 Å². The number of hydrogen-bond acceptors (Lipinski definition) is 6. The average molecular weight is 199 g/mol. The predicted octanol–water partition coefficient (Wildman–Crippen LogP) is -2.07. The van der Waals surface area contributed by atoms with Crippen LogP contribution < -0.4 is 11.5 Å². The molecule has 0 unspecified atom stereocenters. The first-order valence-corrected chi connectivity index (χ1v) is 4.61. The fourth-order valence-electron chi connectivity index (χ4n) is 1.22. The van der Waals surface area contributed by atoms with Crippen molar-refractivity contribution in [2.24, 2.45) is 18.5 Å². The molecule has 80 valence electrons. The van der Waals surface area contributed by atoms with Crippen LogP contribution in [-0.2, 0) is 13.6 Å². The molecule has 0 aliphatic carbocycles. The quantitative estimate of drug-likeness (QED) is 0.546. The van der Waals surface area contributed by atoms with E-state index in [0.717, 1.165) is 13.1 Å². The topological polar surface area (TPSA) is 98.9 Å². The molecule has 7 nitrogen and oxygen atoms in total. The van der Waals surface area contributed by atoms with E-state index in [1.165, 1.54) is 4.80 Å². The summed E-state index contributed by atoms with van der Waals surface area (Å²) in [5.74, 6) is 0.703. The molecule has 0 radical (unpaired) electrons. The Hall–Kier alpha value is -1.05. The van der Waals surface area contributed by atoms with Crippen molar-refractivity contribution >= 4 is 0 Å². The molecule has 0 aromatic carbocycles. The Morgan fingerprint density at radius 1 is 1.29 bits per heavy atom. The smallest absolute Gasteiger partial charge is 0.188 e. The van der Waals surface area contributed by atoms with E-state index in [4.69, 9.17) is 11.5 Å². The Morgan fingerprint density at radius 3 is 2.36 bits per heavy atom. The normalized spacial score (nSPS) is 11.1. The van der Waals surface area contributed by atoms with E-state index in [-0.39, 0.29) is 0 Å². The number of hydrogen-bond donors (Lipinski definition) is 2. The molecule has 1 aromatic heterocycles. The van der Waals surface area contributed by atoms with Gasteiger partial charge in [-0.1, -0.05) is 0 Å². The Balaban J connectivity index is 2.46. The highest BCUT2D eigenvalue weighted by Crippen LogP contribution is 1.94. The lowest BCUT2D eigenvalue weighted by Crippen LogP contribution is -2.33. The second kappa shape index (κ2) is 5.63. The lowest BCUT2D eigenvalue weighted by molar-refractivity contribution is 0.273. The fraction of sp³-hybridized carbons (Fsp3) is 0.857. The maximum absolute atomic E-state index is 5.47. The van der Waals surface area contributed by atoms with Gasteiger partial charge in [-0.15, -0.1) is 10.2 Å². The van der Waals surface area contributed by atoms with Crippen molar-refractivity contribution < 1.29 is 0 Å². The van der Waals surface area contributed by atoms with Crippen molar-refractivity contribution in [1.29, 1.82) is 0 Å². The van der Waals surface area contributed by atoms with Gasteiger partial charge in [0, 0.05) is 26.2 Å². The monoisotopic (exact) mass is 199 g/mol. The van der Waals surface area contributed by atoms with Crippen LogP contribution in [0.2, 0.25) is 0 Å². The number of nitrogens with zero attached hydrogens (tertiary/aromatic N) is 5. The van der Waals surface area contributed by atoms with Crippen LogP contribution in [0.15, 0.2) is 0 Å². The third kappa shape index (κ3) is 3.36. The third-order valence-electron chi connectivity index (χ3n) is 1.81. The van der Waals surface area contributed by atoms with Crippen LogP contribution in [0.1, 0.15) is 5.82 Å². The zero-order chi connectivity index (χ0) is 10.4. The van der Waals surface area contributed by atoms with Crippen molar-refractivity contribution in [2.75, 3.05) is 26.2 Å². The lowest BCUT2D eigenvalue weighted by atomic mass is 10.4. The summed E-state index contributed by atoms with van der Waals surface area (Å²) in [5, 5.41) is 11.7. The molecule has 0 fully saturated rings. The van der Waals surface area contributed by atoms with Crippen LogP contribution >= 0.6 is 0 Å². The molecule has 0 saturated carbocycles. The molecule has 1 aromatic rings. The number of tetrazole rings is 1. The van der Waals surface area contributed by atoms with E-state index in [1.54, 1.807) is 7.05 Å². The van der Waals surface area contributed by atoms with Gasteiger partial charge in [0.2, 0.25) is 0 Å². The molecule has 0 amide bonds. The molecular weight excluding hydrogens is 182 g/mol. The summed E-state index contributed by atoms with van der Waals surface area (Å²) in [6.45, 7) is 3.48. The third-order valence-corrected chi connectivity index (χ3v) is 1.81. The van der Waals surface area contributed by atoms with Crippen molar-refractivity contribution in [3.63, 3.8) is 0 Å². The van der Waals surface area contributed by atoms with Crippen molar-refractivity contribution in [2.45, 2.75) is 6.54 Å². The van der Waals surface area contributed by atoms with Gasteiger partial charge in [-0.3, -0.25) is 4.90 Å². The van der Waals surface area contributed by atoms with Crippen LogP contribution in [0, 0.1) is 0 Å². The number of aryl methyl sites for hydroxylation is 1. The molecule has 1 rings (SSSR count). The first kappa shape index (κ1) is 11.0. The molecule has 0 bridgehead atoms.